The van der Waals surface area contributed by atoms with E-state index in [1.807, 2.05) is 18.2 Å². The van der Waals surface area contributed by atoms with Crippen LogP contribution in [-0.4, -0.2) is 30.5 Å². The van der Waals surface area contributed by atoms with Crippen molar-refractivity contribution in [3.63, 3.8) is 0 Å². The van der Waals surface area contributed by atoms with E-state index in [0.29, 0.717) is 32.6 Å². The predicted molar refractivity (Wildman–Crippen MR) is 77.1 cm³/mol. The highest BCUT2D eigenvalue weighted by Gasteiger charge is 2.29. The van der Waals surface area contributed by atoms with Gasteiger partial charge in [0.1, 0.15) is 0 Å². The van der Waals surface area contributed by atoms with Crippen LogP contribution >= 0.6 is 22.6 Å². The van der Waals surface area contributed by atoms with Crippen molar-refractivity contribution in [2.75, 3.05) is 30.8 Å². The number of halogens is 1. The van der Waals surface area contributed by atoms with Crippen LogP contribution in [0.3, 0.4) is 0 Å². The summed E-state index contributed by atoms with van der Waals surface area (Å²) in [5.74, 6) is 0. The lowest BCUT2D eigenvalue weighted by molar-refractivity contribution is -0.0543. The van der Waals surface area contributed by atoms with Crippen LogP contribution in [0.2, 0.25) is 0 Å². The maximum atomic E-state index is 10.3. The van der Waals surface area contributed by atoms with Crippen LogP contribution in [0.15, 0.2) is 18.2 Å². The molecule has 4 nitrogen and oxygen atoms in total. The van der Waals surface area contributed by atoms with Gasteiger partial charge in [0.15, 0.2) is 0 Å². The lowest BCUT2D eigenvalue weighted by Gasteiger charge is -2.32. The minimum Gasteiger partial charge on any atom is -0.399 e. The standard InChI is InChI=1S/C12H17IN2O2/c13-10-7-9(14)1-2-11(10)15-8-12(16)3-5-17-6-4-12/h1-2,7,15-16H,3-6,8,14H2. The molecule has 4 N–H and O–H groups in total. The molecule has 1 aromatic rings. The van der Waals surface area contributed by atoms with Gasteiger partial charge in [0.25, 0.3) is 0 Å². The van der Waals surface area contributed by atoms with E-state index < -0.39 is 5.60 Å². The van der Waals surface area contributed by atoms with Crippen molar-refractivity contribution in [1.82, 2.24) is 0 Å². The van der Waals surface area contributed by atoms with Crippen LogP contribution in [0.4, 0.5) is 11.4 Å². The SMILES string of the molecule is Nc1ccc(NCC2(O)CCOCC2)c(I)c1. The maximum Gasteiger partial charge on any atom is 0.0863 e. The van der Waals surface area contributed by atoms with Gasteiger partial charge >= 0.3 is 0 Å². The minimum absolute atomic E-state index is 0.552. The van der Waals surface area contributed by atoms with Crippen LogP contribution in [0.25, 0.3) is 0 Å². The van der Waals surface area contributed by atoms with Crippen LogP contribution in [0, 0.1) is 3.57 Å². The normalized spacial score (nSPS) is 18.9. The average Bonchev–Trinajstić information content (AvgIpc) is 2.29. The molecule has 0 bridgehead atoms. The molecule has 17 heavy (non-hydrogen) atoms. The van der Waals surface area contributed by atoms with Crippen molar-refractivity contribution in [3.05, 3.63) is 21.8 Å². The summed E-state index contributed by atoms with van der Waals surface area (Å²) in [6, 6.07) is 5.72. The van der Waals surface area contributed by atoms with Crippen molar-refractivity contribution in [2.24, 2.45) is 0 Å². The Kier molecular flexibility index (Phi) is 4.11. The number of rotatable bonds is 3. The van der Waals surface area contributed by atoms with Gasteiger partial charge in [0, 0.05) is 47.5 Å². The molecule has 1 aromatic carbocycles. The molecule has 94 valence electrons. The second kappa shape index (κ2) is 5.41. The summed E-state index contributed by atoms with van der Waals surface area (Å²) in [5.41, 5.74) is 6.81. The summed E-state index contributed by atoms with van der Waals surface area (Å²) in [6.07, 6.45) is 1.37. The topological polar surface area (TPSA) is 67.5 Å². The quantitative estimate of drug-likeness (QED) is 0.576. The third-order valence-electron chi connectivity index (χ3n) is 3.02. The van der Waals surface area contributed by atoms with Crippen LogP contribution in [0.1, 0.15) is 12.8 Å². The predicted octanol–water partition coefficient (Wildman–Crippen LogP) is 1.83. The molecule has 5 heteroatoms. The number of nitrogens with two attached hydrogens (primary N) is 1. The van der Waals surface area contributed by atoms with Gasteiger partial charge in [-0.25, -0.2) is 0 Å². The van der Waals surface area contributed by atoms with Crippen LogP contribution in [0.5, 0.6) is 0 Å². The molecule has 0 aromatic heterocycles. The minimum atomic E-state index is -0.650. The zero-order valence-corrected chi connectivity index (χ0v) is 11.7. The first-order valence-electron chi connectivity index (χ1n) is 5.68. The molecule has 0 unspecified atom stereocenters. The largest absolute Gasteiger partial charge is 0.399 e. The first-order chi connectivity index (χ1) is 8.09. The summed E-state index contributed by atoms with van der Waals surface area (Å²) in [4.78, 5) is 0. The maximum absolute atomic E-state index is 10.3. The Bertz CT molecular complexity index is 392. The highest BCUT2D eigenvalue weighted by molar-refractivity contribution is 14.1. The fourth-order valence-corrected chi connectivity index (χ4v) is 2.59. The van der Waals surface area contributed by atoms with Crippen LogP contribution in [-0.2, 0) is 4.74 Å². The third kappa shape index (κ3) is 3.46. The average molecular weight is 348 g/mol. The van der Waals surface area contributed by atoms with Crippen molar-refractivity contribution in [3.8, 4) is 0 Å². The highest BCUT2D eigenvalue weighted by Crippen LogP contribution is 2.24. The van der Waals surface area contributed by atoms with E-state index in [0.717, 1.165) is 14.9 Å². The van der Waals surface area contributed by atoms with Crippen molar-refractivity contribution >= 4 is 34.0 Å². The molecule has 2 rings (SSSR count). The summed E-state index contributed by atoms with van der Waals surface area (Å²) in [5, 5.41) is 13.6. The number of benzene rings is 1. The van der Waals surface area contributed by atoms with Gasteiger partial charge in [-0.1, -0.05) is 0 Å². The Morgan fingerprint density at radius 2 is 2.12 bits per heavy atom. The summed E-state index contributed by atoms with van der Waals surface area (Å²) >= 11 is 2.24. The molecule has 1 fully saturated rings. The van der Waals surface area contributed by atoms with E-state index in [1.54, 1.807) is 0 Å². The smallest absolute Gasteiger partial charge is 0.0863 e. The molecule has 0 radical (unpaired) electrons. The van der Waals surface area contributed by atoms with Crippen molar-refractivity contribution < 1.29 is 9.84 Å². The van der Waals surface area contributed by atoms with E-state index in [2.05, 4.69) is 27.9 Å². The summed E-state index contributed by atoms with van der Waals surface area (Å²) in [7, 11) is 0. The first-order valence-corrected chi connectivity index (χ1v) is 6.76. The molecule has 0 aliphatic carbocycles. The van der Waals surface area contributed by atoms with Gasteiger partial charge in [-0.2, -0.15) is 0 Å². The number of aliphatic hydroxyl groups is 1. The second-order valence-corrected chi connectivity index (χ2v) is 5.59. The van der Waals surface area contributed by atoms with E-state index >= 15 is 0 Å². The monoisotopic (exact) mass is 348 g/mol. The van der Waals surface area contributed by atoms with Gasteiger partial charge in [-0.3, -0.25) is 0 Å². The Hall–Kier alpha value is -0.530. The van der Waals surface area contributed by atoms with E-state index in [-0.39, 0.29) is 0 Å². The number of anilines is 2. The molecule has 1 saturated heterocycles. The molecule has 0 atom stereocenters. The second-order valence-electron chi connectivity index (χ2n) is 4.43. The molecule has 0 amide bonds. The number of hydrogen-bond donors (Lipinski definition) is 3. The molecular formula is C12H17IN2O2. The van der Waals surface area contributed by atoms with Gasteiger partial charge in [-0.15, -0.1) is 0 Å². The zero-order chi connectivity index (χ0) is 12.3. The number of ether oxygens (including phenoxy) is 1. The number of hydrogen-bond acceptors (Lipinski definition) is 4. The zero-order valence-electron chi connectivity index (χ0n) is 9.58. The first kappa shape index (κ1) is 12.9. The Labute approximate surface area is 115 Å². The van der Waals surface area contributed by atoms with Gasteiger partial charge in [0.05, 0.1) is 5.60 Å². The Morgan fingerprint density at radius 1 is 1.41 bits per heavy atom. The third-order valence-corrected chi connectivity index (χ3v) is 3.92. The molecule has 1 heterocycles. The van der Waals surface area contributed by atoms with Gasteiger partial charge < -0.3 is 20.9 Å². The lowest BCUT2D eigenvalue weighted by atomic mass is 9.94. The fourth-order valence-electron chi connectivity index (χ4n) is 1.86. The lowest BCUT2D eigenvalue weighted by Crippen LogP contribution is -2.42. The Morgan fingerprint density at radius 3 is 2.76 bits per heavy atom. The Balaban J connectivity index is 1.97. The van der Waals surface area contributed by atoms with E-state index in [4.69, 9.17) is 10.5 Å². The molecule has 0 spiro atoms. The van der Waals surface area contributed by atoms with E-state index in [1.165, 1.54) is 0 Å². The van der Waals surface area contributed by atoms with E-state index in [9.17, 15) is 5.11 Å². The molecule has 0 saturated carbocycles. The fraction of sp³-hybridized carbons (Fsp3) is 0.500. The van der Waals surface area contributed by atoms with Gasteiger partial charge in [0.2, 0.25) is 0 Å². The number of nitrogen functional groups attached to an aromatic ring is 1. The highest BCUT2D eigenvalue weighted by atomic mass is 127. The van der Waals surface area contributed by atoms with Crippen molar-refractivity contribution in [1.29, 1.82) is 0 Å². The molecular weight excluding hydrogens is 331 g/mol. The molecule has 1 aliphatic heterocycles. The summed E-state index contributed by atoms with van der Waals surface area (Å²) < 4.78 is 6.32. The molecule has 1 aliphatic rings. The summed E-state index contributed by atoms with van der Waals surface area (Å²) in [6.45, 7) is 1.82. The van der Waals surface area contributed by atoms with Crippen LogP contribution < -0.4 is 11.1 Å². The van der Waals surface area contributed by atoms with Gasteiger partial charge in [-0.05, 0) is 40.8 Å². The van der Waals surface area contributed by atoms with Crippen molar-refractivity contribution in [2.45, 2.75) is 18.4 Å². The number of nitrogens with one attached hydrogen (secondary N) is 1.